The first-order chi connectivity index (χ1) is 15.9. The molecule has 2 heterocycles. The Morgan fingerprint density at radius 1 is 1.26 bits per heavy atom. The highest BCUT2D eigenvalue weighted by molar-refractivity contribution is 6.36. The fourth-order valence-electron chi connectivity index (χ4n) is 3.17. The van der Waals surface area contributed by atoms with Crippen LogP contribution in [-0.4, -0.2) is 46.4 Å². The van der Waals surface area contributed by atoms with Crippen LogP contribution in [0.2, 0.25) is 5.02 Å². The maximum absolute atomic E-state index is 13.2. The largest absolute Gasteiger partial charge is 0.467 e. The number of hydrogen-bond donors (Lipinski definition) is 2. The second-order valence-electron chi connectivity index (χ2n) is 7.12. The normalized spacial score (nSPS) is 18.4. The summed E-state index contributed by atoms with van der Waals surface area (Å²) in [5.41, 5.74) is -0.209. The number of allylic oxidation sites excluding steroid dienone is 3. The Morgan fingerprint density at radius 3 is 2.59 bits per heavy atom. The van der Waals surface area contributed by atoms with E-state index in [-0.39, 0.29) is 27.3 Å². The third kappa shape index (κ3) is 5.65. The van der Waals surface area contributed by atoms with Gasteiger partial charge in [0.25, 0.3) is 5.91 Å². The quantitative estimate of drug-likeness (QED) is 0.575. The lowest BCUT2D eigenvalue weighted by molar-refractivity contribution is -0.154. The minimum absolute atomic E-state index is 0.0144. The van der Waals surface area contributed by atoms with E-state index in [0.29, 0.717) is 5.03 Å². The molecule has 3 rings (SSSR count). The van der Waals surface area contributed by atoms with Crippen molar-refractivity contribution in [2.75, 3.05) is 13.7 Å². The number of pyridine rings is 1. The lowest BCUT2D eigenvalue weighted by Gasteiger charge is -2.29. The highest BCUT2D eigenvalue weighted by Gasteiger charge is 2.36. The Kier molecular flexibility index (Phi) is 7.79. The molecular weight excluding hydrogens is 522 g/mol. The number of rotatable bonds is 6. The van der Waals surface area contributed by atoms with Gasteiger partial charge in [0.15, 0.2) is 12.4 Å². The van der Waals surface area contributed by atoms with Crippen LogP contribution in [0.1, 0.15) is 17.4 Å². The molecule has 2 amide bonds. The van der Waals surface area contributed by atoms with Crippen LogP contribution in [0.15, 0.2) is 46.2 Å². The zero-order valence-corrected chi connectivity index (χ0v) is 19.9. The first-order valence-corrected chi connectivity index (χ1v) is 10.8. The number of alkyl halides is 3. The predicted molar refractivity (Wildman–Crippen MR) is 119 cm³/mol. The van der Waals surface area contributed by atoms with E-state index in [4.69, 9.17) is 34.8 Å². The molecule has 0 saturated heterocycles. The molecule has 34 heavy (non-hydrogen) atoms. The maximum atomic E-state index is 13.2. The van der Waals surface area contributed by atoms with E-state index >= 15 is 0 Å². The fraction of sp³-hybridized carbons (Fsp3) is 0.300. The number of aromatic nitrogens is 3. The van der Waals surface area contributed by atoms with Gasteiger partial charge in [-0.15, -0.1) is 5.10 Å². The standard InChI is InChI=1S/C20H17Cl3F3N5O3/c1-9-11(22)6-12(23)16(15(9)19(33)27-2)29-18(32)13-7-14(34-8-20(24,25)26)30-31(13)17-10(21)4-3-5-28-17/h3-7,9,15H,8H2,1-2H3,(H,27,33)(H,29,32). The van der Waals surface area contributed by atoms with Crippen molar-refractivity contribution in [2.45, 2.75) is 13.1 Å². The number of hydrogen-bond acceptors (Lipinski definition) is 5. The van der Waals surface area contributed by atoms with Crippen molar-refractivity contribution in [3.63, 3.8) is 0 Å². The molecule has 2 aromatic heterocycles. The highest BCUT2D eigenvalue weighted by atomic mass is 35.5. The van der Waals surface area contributed by atoms with Gasteiger partial charge in [0, 0.05) is 36.0 Å². The van der Waals surface area contributed by atoms with E-state index in [0.717, 1.165) is 10.7 Å². The molecule has 0 aromatic carbocycles. The number of nitrogens with one attached hydrogen (secondary N) is 2. The lowest BCUT2D eigenvalue weighted by atomic mass is 9.85. The van der Waals surface area contributed by atoms with E-state index in [1.165, 1.54) is 31.5 Å². The highest BCUT2D eigenvalue weighted by Crippen LogP contribution is 2.37. The Bertz CT molecular complexity index is 1180. The molecule has 1 aliphatic rings. The summed E-state index contributed by atoms with van der Waals surface area (Å²) in [6.07, 6.45) is -1.87. The summed E-state index contributed by atoms with van der Waals surface area (Å²) in [4.78, 5) is 29.8. The van der Waals surface area contributed by atoms with E-state index in [1.54, 1.807) is 6.92 Å². The zero-order chi connectivity index (χ0) is 25.2. The molecule has 0 fully saturated rings. The third-order valence-electron chi connectivity index (χ3n) is 4.79. The van der Waals surface area contributed by atoms with Crippen LogP contribution in [0.4, 0.5) is 13.2 Å². The molecule has 8 nitrogen and oxygen atoms in total. The van der Waals surface area contributed by atoms with Crippen molar-refractivity contribution in [1.29, 1.82) is 0 Å². The minimum atomic E-state index is -4.63. The van der Waals surface area contributed by atoms with Crippen LogP contribution in [0, 0.1) is 11.8 Å². The Hall–Kier alpha value is -2.76. The molecule has 14 heteroatoms. The van der Waals surface area contributed by atoms with Gasteiger partial charge in [-0.3, -0.25) is 9.59 Å². The summed E-state index contributed by atoms with van der Waals surface area (Å²) in [5, 5.41) is 9.34. The van der Waals surface area contributed by atoms with E-state index in [1.807, 2.05) is 0 Å². The van der Waals surface area contributed by atoms with Gasteiger partial charge in [-0.05, 0) is 18.2 Å². The number of carbonyl (C=O) groups excluding carboxylic acids is 2. The third-order valence-corrected chi connectivity index (χ3v) is 5.85. The Balaban J connectivity index is 2.03. The first kappa shape index (κ1) is 25.9. The van der Waals surface area contributed by atoms with Crippen LogP contribution < -0.4 is 15.4 Å². The van der Waals surface area contributed by atoms with Crippen LogP contribution in [0.25, 0.3) is 5.82 Å². The fourth-order valence-corrected chi connectivity index (χ4v) is 3.94. The molecule has 2 aromatic rings. The molecule has 2 unspecified atom stereocenters. The topological polar surface area (TPSA) is 98.1 Å². The van der Waals surface area contributed by atoms with Gasteiger partial charge < -0.3 is 15.4 Å². The smallest absolute Gasteiger partial charge is 0.422 e. The second-order valence-corrected chi connectivity index (χ2v) is 8.37. The first-order valence-electron chi connectivity index (χ1n) is 9.63. The number of amides is 2. The summed E-state index contributed by atoms with van der Waals surface area (Å²) in [6.45, 7) is 0.0484. The van der Waals surface area contributed by atoms with Gasteiger partial charge in [-0.1, -0.05) is 41.7 Å². The molecule has 182 valence electrons. The summed E-state index contributed by atoms with van der Waals surface area (Å²) < 4.78 is 43.5. The SMILES string of the molecule is CNC(=O)C1C(NC(=O)c2cc(OCC(F)(F)F)nn2-c2ncccc2Cl)=C(Cl)C=C(Cl)C1C. The average Bonchev–Trinajstić information content (AvgIpc) is 3.20. The van der Waals surface area contributed by atoms with Gasteiger partial charge in [-0.25, -0.2) is 9.67 Å². The molecule has 0 saturated carbocycles. The van der Waals surface area contributed by atoms with Crippen molar-refractivity contribution in [3.05, 3.63) is 57.0 Å². The van der Waals surface area contributed by atoms with Gasteiger partial charge in [0.2, 0.25) is 11.8 Å². The zero-order valence-electron chi connectivity index (χ0n) is 17.6. The Labute approximate surface area is 206 Å². The van der Waals surface area contributed by atoms with Crippen LogP contribution in [0.5, 0.6) is 5.88 Å². The summed E-state index contributed by atoms with van der Waals surface area (Å²) >= 11 is 18.6. The maximum Gasteiger partial charge on any atom is 0.422 e. The van der Waals surface area contributed by atoms with Gasteiger partial charge >= 0.3 is 6.18 Å². The van der Waals surface area contributed by atoms with Gasteiger partial charge in [-0.2, -0.15) is 13.2 Å². The lowest BCUT2D eigenvalue weighted by Crippen LogP contribution is -2.41. The molecule has 2 N–H and O–H groups in total. The van der Waals surface area contributed by atoms with E-state index in [9.17, 15) is 22.8 Å². The van der Waals surface area contributed by atoms with Crippen molar-refractivity contribution >= 4 is 46.6 Å². The Morgan fingerprint density at radius 2 is 1.97 bits per heavy atom. The molecule has 1 aliphatic carbocycles. The minimum Gasteiger partial charge on any atom is -0.467 e. The van der Waals surface area contributed by atoms with Crippen molar-refractivity contribution < 1.29 is 27.5 Å². The number of carbonyl (C=O) groups is 2. The van der Waals surface area contributed by atoms with E-state index < -0.39 is 42.3 Å². The second kappa shape index (κ2) is 10.2. The van der Waals surface area contributed by atoms with E-state index in [2.05, 4.69) is 25.5 Å². The molecule has 0 bridgehead atoms. The number of ether oxygens (including phenoxy) is 1. The molecule has 0 radical (unpaired) electrons. The van der Waals surface area contributed by atoms with Gasteiger partial charge in [0.1, 0.15) is 5.69 Å². The van der Waals surface area contributed by atoms with Crippen molar-refractivity contribution in [1.82, 2.24) is 25.4 Å². The average molecular weight is 539 g/mol. The molecular formula is C20H17Cl3F3N5O3. The summed E-state index contributed by atoms with van der Waals surface area (Å²) in [5.74, 6) is -3.28. The predicted octanol–water partition coefficient (Wildman–Crippen LogP) is 4.18. The van der Waals surface area contributed by atoms with Crippen LogP contribution in [-0.2, 0) is 4.79 Å². The molecule has 0 spiro atoms. The monoisotopic (exact) mass is 537 g/mol. The summed E-state index contributed by atoms with van der Waals surface area (Å²) in [6, 6.07) is 3.97. The van der Waals surface area contributed by atoms with Crippen LogP contribution >= 0.6 is 34.8 Å². The van der Waals surface area contributed by atoms with Crippen LogP contribution in [0.3, 0.4) is 0 Å². The summed E-state index contributed by atoms with van der Waals surface area (Å²) in [7, 11) is 1.41. The number of nitrogens with zero attached hydrogens (tertiary/aromatic N) is 3. The number of halogens is 6. The van der Waals surface area contributed by atoms with Crippen molar-refractivity contribution in [2.24, 2.45) is 11.8 Å². The van der Waals surface area contributed by atoms with Crippen molar-refractivity contribution in [3.8, 4) is 11.7 Å². The van der Waals surface area contributed by atoms with Gasteiger partial charge in [0.05, 0.1) is 16.0 Å². The molecule has 0 aliphatic heterocycles. The molecule has 2 atom stereocenters.